The third-order valence-electron chi connectivity index (χ3n) is 8.52. The van der Waals surface area contributed by atoms with Crippen LogP contribution in [-0.2, 0) is 0 Å². The highest BCUT2D eigenvalue weighted by Crippen LogP contribution is 2.54. The van der Waals surface area contributed by atoms with Gasteiger partial charge in [-0.15, -0.1) is 13.2 Å². The largest absolute Gasteiger partial charge is 0.573 e. The number of alkyl halides is 3. The Bertz CT molecular complexity index is 2440. The molecular weight excluding hydrogens is 609 g/mol. The number of rotatable bonds is 3. The smallest absolute Gasteiger partial charge is 0.406 e. The SMILES string of the molecule is [C-]#[N+]/C(C#N)=C1/c2cc(-c3cccc(OC(F)(F)F)c3)ccc2-c2cc3c(cc21)-c1ccc(-c2cccc(C)c2)cc1/C3=C(/C#N)[N+]#[C-]. The molecule has 5 nitrogen and oxygen atoms in total. The molecule has 0 N–H and O–H groups in total. The lowest BCUT2D eigenvalue weighted by atomic mass is 9.95. The minimum absolute atomic E-state index is 0.0551. The molecule has 0 atom stereocenters. The zero-order valence-corrected chi connectivity index (χ0v) is 25.1. The lowest BCUT2D eigenvalue weighted by Crippen LogP contribution is -2.17. The highest BCUT2D eigenvalue weighted by atomic mass is 19.4. The first-order chi connectivity index (χ1) is 23.1. The Kier molecular flexibility index (Phi) is 6.95. The van der Waals surface area contributed by atoms with Gasteiger partial charge in [0.25, 0.3) is 11.4 Å². The van der Waals surface area contributed by atoms with Crippen molar-refractivity contribution >= 4 is 11.1 Å². The molecule has 0 saturated carbocycles. The molecular formula is C40H19F3N4O. The van der Waals surface area contributed by atoms with Crippen LogP contribution >= 0.6 is 0 Å². The van der Waals surface area contributed by atoms with Gasteiger partial charge in [0.05, 0.1) is 25.3 Å². The highest BCUT2D eigenvalue weighted by Gasteiger charge is 2.34. The molecule has 2 aliphatic carbocycles. The predicted molar refractivity (Wildman–Crippen MR) is 176 cm³/mol. The van der Waals surface area contributed by atoms with Crippen LogP contribution < -0.4 is 4.74 Å². The van der Waals surface area contributed by atoms with E-state index in [0.29, 0.717) is 50.1 Å². The Morgan fingerprint density at radius 1 is 0.583 bits per heavy atom. The Labute approximate surface area is 274 Å². The molecule has 5 aromatic rings. The number of ether oxygens (including phenoxy) is 1. The fourth-order valence-corrected chi connectivity index (χ4v) is 6.56. The van der Waals surface area contributed by atoms with E-state index >= 15 is 0 Å². The Morgan fingerprint density at radius 3 is 1.50 bits per heavy atom. The van der Waals surface area contributed by atoms with Crippen molar-refractivity contribution in [3.8, 4) is 62.4 Å². The zero-order valence-electron chi connectivity index (χ0n) is 25.1. The van der Waals surface area contributed by atoms with Gasteiger partial charge >= 0.3 is 6.36 Å². The second-order valence-corrected chi connectivity index (χ2v) is 11.3. The van der Waals surface area contributed by atoms with Gasteiger partial charge in [-0.25, -0.2) is 20.2 Å². The van der Waals surface area contributed by atoms with Crippen molar-refractivity contribution in [1.82, 2.24) is 0 Å². The summed E-state index contributed by atoms with van der Waals surface area (Å²) in [4.78, 5) is 7.11. The fourth-order valence-electron chi connectivity index (χ4n) is 6.56. The van der Waals surface area contributed by atoms with Gasteiger partial charge in [-0.1, -0.05) is 66.2 Å². The molecule has 7 rings (SSSR count). The summed E-state index contributed by atoms with van der Waals surface area (Å²) >= 11 is 0. The van der Waals surface area contributed by atoms with Crippen molar-refractivity contribution in [1.29, 1.82) is 10.5 Å². The van der Waals surface area contributed by atoms with Crippen LogP contribution in [-0.4, -0.2) is 6.36 Å². The minimum atomic E-state index is -4.85. The molecule has 0 saturated heterocycles. The second-order valence-electron chi connectivity index (χ2n) is 11.3. The maximum absolute atomic E-state index is 12.9. The summed E-state index contributed by atoms with van der Waals surface area (Å²) in [5, 5.41) is 20.1. The first-order valence-electron chi connectivity index (χ1n) is 14.6. The number of hydrogen-bond donors (Lipinski definition) is 0. The normalized spacial score (nSPS) is 14.2. The van der Waals surface area contributed by atoms with E-state index in [1.807, 2.05) is 61.5 Å². The van der Waals surface area contributed by atoms with E-state index in [1.165, 1.54) is 18.2 Å². The molecule has 2 aliphatic rings. The van der Waals surface area contributed by atoms with Gasteiger partial charge in [-0.3, -0.25) is 0 Å². The third kappa shape index (κ3) is 4.87. The van der Waals surface area contributed by atoms with Crippen molar-refractivity contribution in [2.24, 2.45) is 0 Å². The second kappa shape index (κ2) is 11.2. The van der Waals surface area contributed by atoms with Crippen molar-refractivity contribution in [2.45, 2.75) is 13.3 Å². The van der Waals surface area contributed by atoms with Crippen LogP contribution in [0.3, 0.4) is 0 Å². The summed E-state index contributed by atoms with van der Waals surface area (Å²) < 4.78 is 42.9. The van der Waals surface area contributed by atoms with Crippen LogP contribution in [0.25, 0.3) is 65.3 Å². The van der Waals surface area contributed by atoms with E-state index in [9.17, 15) is 23.7 Å². The van der Waals surface area contributed by atoms with Crippen LogP contribution in [0.4, 0.5) is 13.2 Å². The van der Waals surface area contributed by atoms with Crippen LogP contribution in [0.15, 0.2) is 108 Å². The lowest BCUT2D eigenvalue weighted by Gasteiger charge is -2.11. The standard InChI is InChI=1S/C40H19F3N4O/c1-22-6-4-7-23(14-22)25-10-12-28-30-18-35-31(19-34(30)38(32(28)16-25)36(20-44)46-2)29-13-11-26(17-33(29)39(35)37(21-45)47-3)24-8-5-9-27(15-24)48-40(41,42)43/h4-19H,1H3/b38-36+,39-37-. The summed E-state index contributed by atoms with van der Waals surface area (Å²) in [5.41, 5.74) is 10.4. The van der Waals surface area contributed by atoms with Gasteiger partial charge < -0.3 is 4.74 Å². The minimum Gasteiger partial charge on any atom is -0.406 e. The van der Waals surface area contributed by atoms with Crippen LogP contribution in [0, 0.1) is 42.7 Å². The van der Waals surface area contributed by atoms with E-state index < -0.39 is 6.36 Å². The number of nitrogens with zero attached hydrogens (tertiary/aromatic N) is 4. The number of hydrogen-bond acceptors (Lipinski definition) is 3. The number of fused-ring (bicyclic) bond motifs is 6. The first kappa shape index (κ1) is 29.8. The summed E-state index contributed by atoms with van der Waals surface area (Å²) in [6, 6.07) is 32.8. The summed E-state index contributed by atoms with van der Waals surface area (Å²) in [7, 11) is 0. The molecule has 5 aromatic carbocycles. The molecule has 0 bridgehead atoms. The highest BCUT2D eigenvalue weighted by molar-refractivity contribution is 6.11. The molecule has 0 spiro atoms. The van der Waals surface area contributed by atoms with E-state index in [4.69, 9.17) is 13.1 Å². The average molecular weight is 629 g/mol. The molecule has 0 aliphatic heterocycles. The van der Waals surface area contributed by atoms with Gasteiger partial charge in [-0.2, -0.15) is 0 Å². The zero-order chi connectivity index (χ0) is 33.7. The van der Waals surface area contributed by atoms with E-state index in [-0.39, 0.29) is 17.1 Å². The third-order valence-corrected chi connectivity index (χ3v) is 8.52. The molecule has 0 fully saturated rings. The van der Waals surface area contributed by atoms with Crippen molar-refractivity contribution in [2.75, 3.05) is 0 Å². The van der Waals surface area contributed by atoms with Crippen LogP contribution in [0.2, 0.25) is 0 Å². The Balaban J connectivity index is 1.44. The monoisotopic (exact) mass is 628 g/mol. The van der Waals surface area contributed by atoms with Gasteiger partial charge in [-0.05, 0) is 110 Å². The van der Waals surface area contributed by atoms with Crippen molar-refractivity contribution in [3.63, 3.8) is 0 Å². The number of aryl methyl sites for hydroxylation is 1. The van der Waals surface area contributed by atoms with Gasteiger partial charge in [0.15, 0.2) is 0 Å². The maximum Gasteiger partial charge on any atom is 0.573 e. The predicted octanol–water partition coefficient (Wildman–Crippen LogP) is 10.6. The van der Waals surface area contributed by atoms with E-state index in [2.05, 4.69) is 26.6 Å². The maximum atomic E-state index is 12.9. The van der Waals surface area contributed by atoms with Crippen LogP contribution in [0.1, 0.15) is 27.8 Å². The lowest BCUT2D eigenvalue weighted by molar-refractivity contribution is -0.274. The summed E-state index contributed by atoms with van der Waals surface area (Å²) in [5.74, 6) is -0.369. The summed E-state index contributed by atoms with van der Waals surface area (Å²) in [6.45, 7) is 17.6. The van der Waals surface area contributed by atoms with Gasteiger partial charge in [0.1, 0.15) is 5.75 Å². The molecule has 8 heteroatoms. The topological polar surface area (TPSA) is 65.5 Å². The molecule has 0 radical (unpaired) electrons. The molecule has 0 unspecified atom stereocenters. The van der Waals surface area contributed by atoms with Crippen molar-refractivity contribution in [3.05, 3.63) is 159 Å². The number of allylic oxidation sites excluding steroid dienone is 2. The number of nitriles is 2. The first-order valence-corrected chi connectivity index (χ1v) is 14.6. The molecule has 0 heterocycles. The molecule has 0 amide bonds. The Hall–Kier alpha value is -6.87. The van der Waals surface area contributed by atoms with Gasteiger partial charge in [0, 0.05) is 11.1 Å². The van der Waals surface area contributed by atoms with Crippen molar-refractivity contribution < 1.29 is 17.9 Å². The quantitative estimate of drug-likeness (QED) is 0.144. The van der Waals surface area contributed by atoms with Gasteiger partial charge in [0.2, 0.25) is 0 Å². The average Bonchev–Trinajstić information content (AvgIpc) is 3.56. The Morgan fingerprint density at radius 2 is 1.04 bits per heavy atom. The number of benzene rings is 5. The van der Waals surface area contributed by atoms with E-state index in [0.717, 1.165) is 33.4 Å². The molecule has 0 aromatic heterocycles. The van der Waals surface area contributed by atoms with E-state index in [1.54, 1.807) is 24.3 Å². The molecule has 48 heavy (non-hydrogen) atoms. The van der Waals surface area contributed by atoms with Crippen LogP contribution in [0.5, 0.6) is 5.75 Å². The fraction of sp³-hybridized carbons (Fsp3) is 0.0500. The molecule has 226 valence electrons. The number of halogens is 3. The summed E-state index contributed by atoms with van der Waals surface area (Å²) in [6.07, 6.45) is -4.85.